The maximum atomic E-state index is 6.09. The van der Waals surface area contributed by atoms with Crippen molar-refractivity contribution in [1.29, 1.82) is 0 Å². The van der Waals surface area contributed by atoms with Crippen molar-refractivity contribution in [3.63, 3.8) is 0 Å². The Hall–Kier alpha value is -0.376. The summed E-state index contributed by atoms with van der Waals surface area (Å²) in [5, 5.41) is 4.80. The first-order valence-corrected chi connectivity index (χ1v) is 11.1. The van der Waals surface area contributed by atoms with Crippen molar-refractivity contribution in [1.82, 2.24) is 9.78 Å². The van der Waals surface area contributed by atoms with Gasteiger partial charge in [-0.05, 0) is 30.7 Å². The van der Waals surface area contributed by atoms with Gasteiger partial charge in [0.2, 0.25) is 5.88 Å². The molecule has 0 amide bonds. The van der Waals surface area contributed by atoms with E-state index in [1.165, 1.54) is 37.7 Å². The maximum absolute atomic E-state index is 6.09. The van der Waals surface area contributed by atoms with Gasteiger partial charge in [-0.25, -0.2) is 4.68 Å². The van der Waals surface area contributed by atoms with E-state index >= 15 is 0 Å². The van der Waals surface area contributed by atoms with Gasteiger partial charge in [-0.1, -0.05) is 90.6 Å². The van der Waals surface area contributed by atoms with Crippen molar-refractivity contribution in [2.24, 2.45) is 5.92 Å². The Morgan fingerprint density at radius 3 is 2.17 bits per heavy atom. The number of hydrogen-bond donors (Lipinski definition) is 0. The van der Waals surface area contributed by atoms with Crippen LogP contribution in [0.25, 0.3) is 0 Å². The van der Waals surface area contributed by atoms with Gasteiger partial charge in [0, 0.05) is 45.3 Å². The fourth-order valence-electron chi connectivity index (χ4n) is 3.42. The van der Waals surface area contributed by atoms with Gasteiger partial charge in [0.05, 0.1) is 5.69 Å². The summed E-state index contributed by atoms with van der Waals surface area (Å²) in [5.74, 6) is 1.69. The topological polar surface area (TPSA) is 27.1 Å². The van der Waals surface area contributed by atoms with E-state index in [4.69, 9.17) is 9.84 Å². The predicted molar refractivity (Wildman–Crippen MR) is 130 cm³/mol. The molecule has 1 aliphatic rings. The number of benzene rings is 1. The van der Waals surface area contributed by atoms with Crippen molar-refractivity contribution < 1.29 is 37.4 Å². The van der Waals surface area contributed by atoms with E-state index in [1.54, 1.807) is 0 Å². The fourth-order valence-corrected chi connectivity index (χ4v) is 3.42. The largest absolute Gasteiger partial charge is 0.473 e. The number of aryl methyl sites for hydroxylation is 1. The number of hydrogen-bond acceptors (Lipinski definition) is 2. The zero-order valence-corrected chi connectivity index (χ0v) is 23.8. The quantitative estimate of drug-likeness (QED) is 0.352. The molecule has 30 heavy (non-hydrogen) atoms. The van der Waals surface area contributed by atoms with Crippen LogP contribution in [-0.2, 0) is 52.3 Å². The monoisotopic (exact) mass is 512 g/mol. The summed E-state index contributed by atoms with van der Waals surface area (Å²) in [6.45, 7) is 11.8. The van der Waals surface area contributed by atoms with Crippen LogP contribution in [0.3, 0.4) is 0 Å². The summed E-state index contributed by atoms with van der Waals surface area (Å²) in [6.07, 6.45) is 8.95. The van der Waals surface area contributed by atoms with E-state index in [0.29, 0.717) is 6.61 Å². The molecule has 5 heteroatoms. The van der Waals surface area contributed by atoms with Gasteiger partial charge in [-0.3, -0.25) is 0 Å². The van der Waals surface area contributed by atoms with Crippen LogP contribution in [-0.4, -0.2) is 9.78 Å². The molecule has 3 nitrogen and oxygen atoms in total. The molecule has 3 rings (SSSR count). The zero-order chi connectivity index (χ0) is 19.9. The Morgan fingerprint density at radius 2 is 1.60 bits per heavy atom. The Kier molecular flexibility index (Phi) is 24.9. The van der Waals surface area contributed by atoms with Crippen LogP contribution in [0.5, 0.6) is 5.88 Å². The molecule has 2 aromatic rings. The molecular weight excluding hydrogens is 469 g/mol. The summed E-state index contributed by atoms with van der Waals surface area (Å²) in [7, 11) is 0. The van der Waals surface area contributed by atoms with Crippen LogP contribution in [0.1, 0.15) is 84.4 Å². The Morgan fingerprint density at radius 1 is 1.00 bits per heavy atom. The molecule has 0 atom stereocenters. The molecule has 1 aromatic heterocycles. The number of rotatable bonds is 7. The summed E-state index contributed by atoms with van der Waals surface area (Å²) < 4.78 is 8.21. The first-order chi connectivity index (χ1) is 13.3. The molecule has 0 bridgehead atoms. The minimum absolute atomic E-state index is 0. The predicted octanol–water partition coefficient (Wildman–Crippen LogP) is 7.92. The maximum Gasteiger partial charge on any atom is 0.212 e. The molecule has 0 aliphatic heterocycles. The number of nitrogens with zero attached hydrogens (tertiary/aromatic N) is 2. The number of ether oxygens (including phenoxy) is 1. The molecule has 1 aliphatic carbocycles. The van der Waals surface area contributed by atoms with E-state index in [-0.39, 0.29) is 52.5 Å². The second-order valence-electron chi connectivity index (χ2n) is 6.68. The van der Waals surface area contributed by atoms with E-state index in [9.17, 15) is 0 Å². The van der Waals surface area contributed by atoms with Crippen LogP contribution >= 0.6 is 12.4 Å². The van der Waals surface area contributed by atoms with Crippen molar-refractivity contribution in [3.05, 3.63) is 55.1 Å². The van der Waals surface area contributed by atoms with Crippen LogP contribution in [0.15, 0.2) is 36.4 Å². The summed E-state index contributed by atoms with van der Waals surface area (Å²) in [5.41, 5.74) is 2.36. The van der Waals surface area contributed by atoms with Crippen LogP contribution < -0.4 is 4.74 Å². The Bertz CT molecular complexity index is 598. The molecule has 1 radical (unpaired) electrons. The van der Waals surface area contributed by atoms with Gasteiger partial charge in [-0.15, -0.1) is 12.4 Å². The number of aromatic nitrogens is 2. The average Bonchev–Trinajstić information content (AvgIpc) is 3.12. The molecule has 0 saturated heterocycles. The normalized spacial score (nSPS) is 12.4. The molecule has 1 heterocycles. The molecule has 1 fully saturated rings. The molecule has 1 saturated carbocycles. The number of halogens is 1. The Labute approximate surface area is 218 Å². The molecular formula is C25H44ClN2OY-. The van der Waals surface area contributed by atoms with E-state index in [2.05, 4.69) is 41.9 Å². The molecule has 0 spiro atoms. The van der Waals surface area contributed by atoms with Crippen LogP contribution in [0, 0.1) is 13.3 Å². The SMILES string of the molecule is CC.CC.CCCc1cc(OCc2ccccc2)n(CC2CCCCC2)n1.Cl.[CH3-].[Y]. The van der Waals surface area contributed by atoms with Crippen molar-refractivity contribution in [2.45, 2.75) is 92.7 Å². The summed E-state index contributed by atoms with van der Waals surface area (Å²) in [4.78, 5) is 0. The van der Waals surface area contributed by atoms with Gasteiger partial charge < -0.3 is 12.2 Å². The third-order valence-corrected chi connectivity index (χ3v) is 4.69. The van der Waals surface area contributed by atoms with Crippen LogP contribution in [0.4, 0.5) is 0 Å². The molecule has 171 valence electrons. The first-order valence-electron chi connectivity index (χ1n) is 11.1. The van der Waals surface area contributed by atoms with Crippen molar-refractivity contribution in [2.75, 3.05) is 0 Å². The second kappa shape index (κ2) is 21.8. The smallest absolute Gasteiger partial charge is 0.212 e. The molecule has 0 unspecified atom stereocenters. The molecule has 1 aromatic carbocycles. The average molecular weight is 513 g/mol. The second-order valence-corrected chi connectivity index (χ2v) is 6.68. The van der Waals surface area contributed by atoms with Crippen molar-refractivity contribution >= 4 is 12.4 Å². The van der Waals surface area contributed by atoms with Crippen LogP contribution in [0.2, 0.25) is 0 Å². The standard InChI is InChI=1S/C20H28N2O.2C2H6.CH3.ClH.Y/c1-2-9-19-14-20(23-16-18-12-7-4-8-13-18)22(21-19)15-17-10-5-3-6-11-17;2*1-2;;;/h4,7-8,12-14,17H,2-3,5-6,9-11,15-16H2,1H3;2*1-2H3;1H3;1H;/q;;;-1;;. The van der Waals surface area contributed by atoms with E-state index < -0.39 is 0 Å². The van der Waals surface area contributed by atoms with Gasteiger partial charge in [0.1, 0.15) is 6.61 Å². The fraction of sp³-hybridized carbons (Fsp3) is 0.600. The van der Waals surface area contributed by atoms with E-state index in [0.717, 1.165) is 36.9 Å². The minimum atomic E-state index is 0. The first kappa shape index (κ1) is 34.2. The van der Waals surface area contributed by atoms with Gasteiger partial charge in [0.25, 0.3) is 0 Å². The Balaban J connectivity index is -0.000000984. The molecule has 0 N–H and O–H groups in total. The minimum Gasteiger partial charge on any atom is -0.473 e. The van der Waals surface area contributed by atoms with Gasteiger partial charge >= 0.3 is 0 Å². The zero-order valence-electron chi connectivity index (χ0n) is 20.2. The third kappa shape index (κ3) is 12.5. The third-order valence-electron chi connectivity index (χ3n) is 4.69. The van der Waals surface area contributed by atoms with Crippen molar-refractivity contribution in [3.8, 4) is 5.88 Å². The summed E-state index contributed by atoms with van der Waals surface area (Å²) in [6, 6.07) is 12.5. The van der Waals surface area contributed by atoms with E-state index in [1.807, 2.05) is 33.8 Å². The van der Waals surface area contributed by atoms with Gasteiger partial charge in [0.15, 0.2) is 0 Å². The van der Waals surface area contributed by atoms with Gasteiger partial charge in [-0.2, -0.15) is 5.10 Å². The summed E-state index contributed by atoms with van der Waals surface area (Å²) >= 11 is 0.